The van der Waals surface area contributed by atoms with Crippen molar-refractivity contribution in [1.29, 1.82) is 0 Å². The smallest absolute Gasteiger partial charge is 0.303 e. The number of halogens is 1. The highest BCUT2D eigenvalue weighted by Gasteiger charge is 2.14. The molecule has 1 aromatic rings. The van der Waals surface area contributed by atoms with E-state index < -0.39 is 17.7 Å². The molecule has 0 radical (unpaired) electrons. The standard InChI is InChI=1S/C13H16FNO4/c14-9-5-4-6-10(12(9)13(15)18)19-8-3-1-2-7-11(16)17/h4-6H,1-3,7-8H2,(H2,15,18)(H,16,17). The maximum atomic E-state index is 13.4. The number of carbonyl (C=O) groups excluding carboxylic acids is 1. The number of nitrogens with two attached hydrogens (primary N) is 1. The minimum atomic E-state index is -0.876. The first-order chi connectivity index (χ1) is 9.02. The predicted octanol–water partition coefficient (Wildman–Crippen LogP) is 1.95. The highest BCUT2D eigenvalue weighted by atomic mass is 19.1. The molecule has 3 N–H and O–H groups in total. The summed E-state index contributed by atoms with van der Waals surface area (Å²) < 4.78 is 18.7. The number of benzene rings is 1. The fourth-order valence-electron chi connectivity index (χ4n) is 1.60. The lowest BCUT2D eigenvalue weighted by Gasteiger charge is -2.09. The van der Waals surface area contributed by atoms with Crippen LogP contribution in [0.2, 0.25) is 0 Å². The van der Waals surface area contributed by atoms with Crippen LogP contribution in [0.15, 0.2) is 18.2 Å². The molecule has 104 valence electrons. The van der Waals surface area contributed by atoms with Gasteiger partial charge in [0.2, 0.25) is 0 Å². The monoisotopic (exact) mass is 269 g/mol. The van der Waals surface area contributed by atoms with Gasteiger partial charge < -0.3 is 15.6 Å². The Morgan fingerprint density at radius 2 is 2.00 bits per heavy atom. The van der Waals surface area contributed by atoms with Gasteiger partial charge in [0.25, 0.3) is 5.91 Å². The summed E-state index contributed by atoms with van der Waals surface area (Å²) in [6, 6.07) is 4.04. The lowest BCUT2D eigenvalue weighted by Crippen LogP contribution is -2.15. The number of carboxylic acid groups (broad SMARTS) is 1. The Balaban J connectivity index is 2.43. The van der Waals surface area contributed by atoms with Crippen LogP contribution < -0.4 is 10.5 Å². The molecule has 1 rings (SSSR count). The number of ether oxygens (including phenoxy) is 1. The summed E-state index contributed by atoms with van der Waals surface area (Å²) in [4.78, 5) is 21.4. The first kappa shape index (κ1) is 14.9. The third kappa shape index (κ3) is 4.95. The summed E-state index contributed by atoms with van der Waals surface area (Å²) in [6.45, 7) is 0.281. The summed E-state index contributed by atoms with van der Waals surface area (Å²) >= 11 is 0. The van der Waals surface area contributed by atoms with E-state index in [1.807, 2.05) is 0 Å². The minimum Gasteiger partial charge on any atom is -0.493 e. The number of primary amides is 1. The molecular formula is C13H16FNO4. The van der Waals surface area contributed by atoms with E-state index in [9.17, 15) is 14.0 Å². The summed E-state index contributed by atoms with van der Waals surface area (Å²) in [5, 5.41) is 8.45. The van der Waals surface area contributed by atoms with Gasteiger partial charge in [-0.15, -0.1) is 0 Å². The number of carboxylic acids is 1. The number of hydrogen-bond acceptors (Lipinski definition) is 3. The summed E-state index contributed by atoms with van der Waals surface area (Å²) in [5.74, 6) is -2.30. The van der Waals surface area contributed by atoms with Crippen LogP contribution in [0.4, 0.5) is 4.39 Å². The molecule has 1 aromatic carbocycles. The first-order valence-corrected chi connectivity index (χ1v) is 5.95. The number of amides is 1. The molecule has 0 aromatic heterocycles. The molecule has 5 nitrogen and oxygen atoms in total. The fourth-order valence-corrected chi connectivity index (χ4v) is 1.60. The van der Waals surface area contributed by atoms with Crippen molar-refractivity contribution in [2.45, 2.75) is 25.7 Å². The second kappa shape index (κ2) is 7.35. The van der Waals surface area contributed by atoms with E-state index in [2.05, 4.69) is 0 Å². The van der Waals surface area contributed by atoms with Crippen molar-refractivity contribution in [3.8, 4) is 5.75 Å². The fraction of sp³-hybridized carbons (Fsp3) is 0.385. The van der Waals surface area contributed by atoms with Crippen LogP contribution >= 0.6 is 0 Å². The van der Waals surface area contributed by atoms with Gasteiger partial charge in [-0.05, 0) is 31.4 Å². The van der Waals surface area contributed by atoms with Crippen molar-refractivity contribution >= 4 is 11.9 Å². The summed E-state index contributed by atoms with van der Waals surface area (Å²) in [7, 11) is 0. The summed E-state index contributed by atoms with van der Waals surface area (Å²) in [5.41, 5.74) is 4.82. The van der Waals surface area contributed by atoms with Crippen LogP contribution in [0, 0.1) is 5.82 Å². The summed E-state index contributed by atoms with van der Waals surface area (Å²) in [6.07, 6.45) is 1.99. The van der Waals surface area contributed by atoms with Gasteiger partial charge in [-0.1, -0.05) is 6.07 Å². The van der Waals surface area contributed by atoms with Gasteiger partial charge in [0.15, 0.2) is 0 Å². The molecule has 0 atom stereocenters. The van der Waals surface area contributed by atoms with Crippen LogP contribution in [0.3, 0.4) is 0 Å². The van der Waals surface area contributed by atoms with Gasteiger partial charge in [-0.2, -0.15) is 0 Å². The Labute approximate surface area is 110 Å². The van der Waals surface area contributed by atoms with E-state index in [1.165, 1.54) is 12.1 Å². The van der Waals surface area contributed by atoms with Gasteiger partial charge in [0.05, 0.1) is 6.61 Å². The van der Waals surface area contributed by atoms with Crippen molar-refractivity contribution in [1.82, 2.24) is 0 Å². The molecule has 0 spiro atoms. The zero-order valence-corrected chi connectivity index (χ0v) is 10.4. The van der Waals surface area contributed by atoms with Crippen molar-refractivity contribution < 1.29 is 23.8 Å². The Morgan fingerprint density at radius 1 is 1.26 bits per heavy atom. The zero-order valence-electron chi connectivity index (χ0n) is 10.4. The maximum absolute atomic E-state index is 13.4. The molecule has 0 aliphatic rings. The molecule has 0 saturated heterocycles. The molecule has 0 bridgehead atoms. The van der Waals surface area contributed by atoms with E-state index >= 15 is 0 Å². The topological polar surface area (TPSA) is 89.6 Å². The Bertz CT molecular complexity index is 462. The number of rotatable bonds is 8. The normalized spacial score (nSPS) is 10.2. The van der Waals surface area contributed by atoms with Crippen LogP contribution in [0.25, 0.3) is 0 Å². The van der Waals surface area contributed by atoms with Gasteiger partial charge >= 0.3 is 5.97 Å². The molecular weight excluding hydrogens is 253 g/mol. The molecule has 0 aliphatic heterocycles. The average Bonchev–Trinajstić information content (AvgIpc) is 2.32. The predicted molar refractivity (Wildman–Crippen MR) is 66.5 cm³/mol. The molecule has 0 aliphatic carbocycles. The highest BCUT2D eigenvalue weighted by Crippen LogP contribution is 2.21. The largest absolute Gasteiger partial charge is 0.493 e. The van der Waals surface area contributed by atoms with Gasteiger partial charge in [-0.3, -0.25) is 9.59 Å². The van der Waals surface area contributed by atoms with Crippen molar-refractivity contribution in [2.24, 2.45) is 5.73 Å². The molecule has 0 heterocycles. The second-order valence-electron chi connectivity index (χ2n) is 4.03. The number of aliphatic carboxylic acids is 1. The molecule has 0 saturated carbocycles. The van der Waals surface area contributed by atoms with Crippen LogP contribution in [-0.2, 0) is 4.79 Å². The number of unbranched alkanes of at least 4 members (excludes halogenated alkanes) is 2. The second-order valence-corrected chi connectivity index (χ2v) is 4.03. The molecule has 6 heteroatoms. The molecule has 0 fully saturated rings. The minimum absolute atomic E-state index is 0.116. The van der Waals surface area contributed by atoms with Crippen LogP contribution in [0.5, 0.6) is 5.75 Å². The SMILES string of the molecule is NC(=O)c1c(F)cccc1OCCCCCC(=O)O. The lowest BCUT2D eigenvalue weighted by molar-refractivity contribution is -0.137. The Morgan fingerprint density at radius 3 is 2.63 bits per heavy atom. The van der Waals surface area contributed by atoms with Crippen molar-refractivity contribution in [3.63, 3.8) is 0 Å². The Kier molecular flexibility index (Phi) is 5.78. The number of hydrogen-bond donors (Lipinski definition) is 2. The number of carbonyl (C=O) groups is 2. The Hall–Kier alpha value is -2.11. The van der Waals surface area contributed by atoms with Gasteiger partial charge in [0, 0.05) is 6.42 Å². The van der Waals surface area contributed by atoms with E-state index in [4.69, 9.17) is 15.6 Å². The van der Waals surface area contributed by atoms with E-state index in [0.29, 0.717) is 19.3 Å². The van der Waals surface area contributed by atoms with E-state index in [0.717, 1.165) is 6.07 Å². The first-order valence-electron chi connectivity index (χ1n) is 5.95. The van der Waals surface area contributed by atoms with Crippen molar-refractivity contribution in [3.05, 3.63) is 29.6 Å². The third-order valence-electron chi connectivity index (χ3n) is 2.51. The average molecular weight is 269 g/mol. The van der Waals surface area contributed by atoms with Crippen LogP contribution in [0.1, 0.15) is 36.0 Å². The molecule has 1 amide bonds. The quantitative estimate of drug-likeness (QED) is 0.706. The highest BCUT2D eigenvalue weighted by molar-refractivity contribution is 5.95. The lowest BCUT2D eigenvalue weighted by atomic mass is 10.1. The van der Waals surface area contributed by atoms with E-state index in [-0.39, 0.29) is 24.3 Å². The van der Waals surface area contributed by atoms with Gasteiger partial charge in [0.1, 0.15) is 17.1 Å². The molecule has 0 unspecified atom stereocenters. The van der Waals surface area contributed by atoms with Gasteiger partial charge in [-0.25, -0.2) is 4.39 Å². The molecule has 19 heavy (non-hydrogen) atoms. The zero-order chi connectivity index (χ0) is 14.3. The van der Waals surface area contributed by atoms with Crippen LogP contribution in [-0.4, -0.2) is 23.6 Å². The maximum Gasteiger partial charge on any atom is 0.303 e. The van der Waals surface area contributed by atoms with Crippen molar-refractivity contribution in [2.75, 3.05) is 6.61 Å². The van der Waals surface area contributed by atoms with E-state index in [1.54, 1.807) is 0 Å². The third-order valence-corrected chi connectivity index (χ3v) is 2.51.